The van der Waals surface area contributed by atoms with E-state index in [4.69, 9.17) is 8.83 Å². The van der Waals surface area contributed by atoms with Crippen LogP contribution in [0, 0.1) is 0 Å². The standard InChI is InChI=1S/C56H32O2/c1-2-14-36-33(12-1)13-11-22-41(36)54-42-18-5-7-20-44(42)55(45-21-8-6-19-43(45)54)46-28-27-37(38-15-3-4-16-39(38)46)35-24-26-47-52(31-35)58-51-29-25-34-30-49-40-17-9-10-23-50(40)57-53(49)32-48(34)56(47)51/h1-32H. The number of fused-ring (bicyclic) bond motifs is 12. The molecule has 268 valence electrons. The molecule has 0 atom stereocenters. The van der Waals surface area contributed by atoms with Gasteiger partial charge in [0, 0.05) is 21.5 Å². The average Bonchev–Trinajstić information content (AvgIpc) is 3.85. The lowest BCUT2D eigenvalue weighted by atomic mass is 9.83. The van der Waals surface area contributed by atoms with Crippen molar-refractivity contribution in [2.24, 2.45) is 0 Å². The molecule has 2 nitrogen and oxygen atoms in total. The van der Waals surface area contributed by atoms with Crippen LogP contribution in [0.25, 0.3) is 131 Å². The van der Waals surface area contributed by atoms with Gasteiger partial charge < -0.3 is 8.83 Å². The summed E-state index contributed by atoms with van der Waals surface area (Å²) in [6.45, 7) is 0. The van der Waals surface area contributed by atoms with Crippen LogP contribution < -0.4 is 0 Å². The van der Waals surface area contributed by atoms with E-state index in [2.05, 4.69) is 182 Å². The van der Waals surface area contributed by atoms with E-state index in [0.717, 1.165) is 54.8 Å². The van der Waals surface area contributed by atoms with Crippen LogP contribution in [0.2, 0.25) is 0 Å². The molecular weight excluding hydrogens is 705 g/mol. The molecular formula is C56H32O2. The van der Waals surface area contributed by atoms with E-state index in [0.29, 0.717) is 0 Å². The Kier molecular flexibility index (Phi) is 6.47. The maximum Gasteiger partial charge on any atom is 0.136 e. The van der Waals surface area contributed by atoms with Crippen molar-refractivity contribution in [3.63, 3.8) is 0 Å². The lowest BCUT2D eigenvalue weighted by molar-refractivity contribution is 0.669. The molecule has 0 saturated heterocycles. The van der Waals surface area contributed by atoms with Gasteiger partial charge in [0.1, 0.15) is 22.3 Å². The predicted octanol–water partition coefficient (Wildman–Crippen LogP) is 16.3. The van der Waals surface area contributed by atoms with Crippen molar-refractivity contribution in [3.05, 3.63) is 194 Å². The van der Waals surface area contributed by atoms with Gasteiger partial charge >= 0.3 is 0 Å². The number of benzene rings is 11. The molecule has 0 radical (unpaired) electrons. The molecule has 2 heterocycles. The van der Waals surface area contributed by atoms with E-state index in [1.807, 2.05) is 12.1 Å². The Labute approximate surface area is 332 Å². The topological polar surface area (TPSA) is 26.3 Å². The fraction of sp³-hybridized carbons (Fsp3) is 0. The van der Waals surface area contributed by atoms with E-state index in [1.54, 1.807) is 0 Å². The Bertz CT molecular complexity index is 3800. The van der Waals surface area contributed by atoms with Crippen molar-refractivity contribution in [3.8, 4) is 33.4 Å². The quantitative estimate of drug-likeness (QED) is 0.169. The molecule has 0 unspecified atom stereocenters. The molecule has 0 aliphatic carbocycles. The SMILES string of the molecule is c1ccc2c(-c3c4ccccc4c(-c4ccc(-c5ccc6c(c5)oc5ccc7cc8c(cc7c56)oc5ccccc58)c5ccccc45)c4ccccc34)cccc2c1. The van der Waals surface area contributed by atoms with Gasteiger partial charge in [-0.15, -0.1) is 0 Å². The second-order valence-electron chi connectivity index (χ2n) is 15.5. The van der Waals surface area contributed by atoms with E-state index >= 15 is 0 Å². The second kappa shape index (κ2) is 11.9. The molecule has 0 spiro atoms. The fourth-order valence-electron chi connectivity index (χ4n) is 9.91. The Balaban J connectivity index is 1.01. The van der Waals surface area contributed by atoms with E-state index < -0.39 is 0 Å². The zero-order valence-electron chi connectivity index (χ0n) is 31.3. The second-order valence-corrected chi connectivity index (χ2v) is 15.5. The van der Waals surface area contributed by atoms with Crippen LogP contribution in [-0.4, -0.2) is 0 Å². The maximum atomic E-state index is 6.64. The fourth-order valence-corrected chi connectivity index (χ4v) is 9.91. The number of para-hydroxylation sites is 1. The molecule has 0 saturated carbocycles. The zero-order chi connectivity index (χ0) is 37.9. The Hall–Kier alpha value is -7.68. The predicted molar refractivity (Wildman–Crippen MR) is 245 cm³/mol. The molecule has 58 heavy (non-hydrogen) atoms. The van der Waals surface area contributed by atoms with Gasteiger partial charge in [-0.05, 0) is 124 Å². The maximum absolute atomic E-state index is 6.64. The van der Waals surface area contributed by atoms with Crippen LogP contribution in [-0.2, 0) is 0 Å². The van der Waals surface area contributed by atoms with Crippen LogP contribution in [0.5, 0.6) is 0 Å². The van der Waals surface area contributed by atoms with Crippen LogP contribution in [0.4, 0.5) is 0 Å². The first kappa shape index (κ1) is 31.5. The van der Waals surface area contributed by atoms with Crippen LogP contribution in [0.15, 0.2) is 203 Å². The lowest BCUT2D eigenvalue weighted by Gasteiger charge is -2.20. The van der Waals surface area contributed by atoms with Gasteiger partial charge in [0.2, 0.25) is 0 Å². The summed E-state index contributed by atoms with van der Waals surface area (Å²) in [6.07, 6.45) is 0. The van der Waals surface area contributed by atoms with E-state index in [1.165, 1.54) is 76.3 Å². The van der Waals surface area contributed by atoms with Crippen molar-refractivity contribution in [1.82, 2.24) is 0 Å². The molecule has 0 aliphatic heterocycles. The van der Waals surface area contributed by atoms with Gasteiger partial charge in [-0.2, -0.15) is 0 Å². The van der Waals surface area contributed by atoms with Crippen molar-refractivity contribution in [1.29, 1.82) is 0 Å². The number of hydrogen-bond acceptors (Lipinski definition) is 2. The molecule has 2 aromatic heterocycles. The van der Waals surface area contributed by atoms with Crippen LogP contribution >= 0.6 is 0 Å². The summed E-state index contributed by atoms with van der Waals surface area (Å²) >= 11 is 0. The van der Waals surface area contributed by atoms with Gasteiger partial charge in [0.15, 0.2) is 0 Å². The highest BCUT2D eigenvalue weighted by Crippen LogP contribution is 2.48. The molecule has 0 aliphatic rings. The number of rotatable bonds is 3. The van der Waals surface area contributed by atoms with Gasteiger partial charge in [0.05, 0.1) is 0 Å². The Morgan fingerprint density at radius 3 is 1.53 bits per heavy atom. The smallest absolute Gasteiger partial charge is 0.136 e. The summed E-state index contributed by atoms with van der Waals surface area (Å²) < 4.78 is 13.0. The number of hydrogen-bond donors (Lipinski definition) is 0. The molecule has 0 fully saturated rings. The third kappa shape index (κ3) is 4.43. The van der Waals surface area contributed by atoms with Crippen molar-refractivity contribution in [2.45, 2.75) is 0 Å². The summed E-state index contributed by atoms with van der Waals surface area (Å²) in [7, 11) is 0. The largest absolute Gasteiger partial charge is 0.456 e. The third-order valence-electron chi connectivity index (χ3n) is 12.4. The monoisotopic (exact) mass is 736 g/mol. The summed E-state index contributed by atoms with van der Waals surface area (Å²) in [4.78, 5) is 0. The Morgan fingerprint density at radius 2 is 0.793 bits per heavy atom. The Morgan fingerprint density at radius 1 is 0.241 bits per heavy atom. The molecule has 13 rings (SSSR count). The number of furan rings is 2. The highest BCUT2D eigenvalue weighted by Gasteiger charge is 2.21. The van der Waals surface area contributed by atoms with Gasteiger partial charge in [0.25, 0.3) is 0 Å². The van der Waals surface area contributed by atoms with Crippen LogP contribution in [0.1, 0.15) is 0 Å². The van der Waals surface area contributed by atoms with Gasteiger partial charge in [-0.3, -0.25) is 0 Å². The molecule has 11 aromatic carbocycles. The normalized spacial score (nSPS) is 12.1. The van der Waals surface area contributed by atoms with Gasteiger partial charge in [-0.25, -0.2) is 0 Å². The molecule has 13 aromatic rings. The molecule has 0 N–H and O–H groups in total. The summed E-state index contributed by atoms with van der Waals surface area (Å²) in [6, 6.07) is 70.4. The first-order chi connectivity index (χ1) is 28.8. The van der Waals surface area contributed by atoms with E-state index in [-0.39, 0.29) is 0 Å². The molecule has 0 bridgehead atoms. The highest BCUT2D eigenvalue weighted by molar-refractivity contribution is 6.26. The highest BCUT2D eigenvalue weighted by atomic mass is 16.3. The lowest BCUT2D eigenvalue weighted by Crippen LogP contribution is -1.93. The van der Waals surface area contributed by atoms with Crippen molar-refractivity contribution >= 4 is 97.7 Å². The minimum atomic E-state index is 0.874. The first-order valence-electron chi connectivity index (χ1n) is 19.9. The summed E-state index contributed by atoms with van der Waals surface area (Å²) in [5.41, 5.74) is 10.9. The third-order valence-corrected chi connectivity index (χ3v) is 12.4. The minimum absolute atomic E-state index is 0.874. The van der Waals surface area contributed by atoms with Crippen molar-refractivity contribution < 1.29 is 8.83 Å². The first-order valence-corrected chi connectivity index (χ1v) is 19.9. The van der Waals surface area contributed by atoms with E-state index in [9.17, 15) is 0 Å². The van der Waals surface area contributed by atoms with Gasteiger partial charge in [-0.1, -0.05) is 158 Å². The summed E-state index contributed by atoms with van der Waals surface area (Å²) in [5.74, 6) is 0. The summed E-state index contributed by atoms with van der Waals surface area (Å²) in [5, 5.41) is 16.7. The minimum Gasteiger partial charge on any atom is -0.456 e. The zero-order valence-corrected chi connectivity index (χ0v) is 31.3. The molecule has 2 heteroatoms. The molecule has 0 amide bonds. The average molecular weight is 737 g/mol. The van der Waals surface area contributed by atoms with Crippen molar-refractivity contribution in [2.75, 3.05) is 0 Å². The van der Waals surface area contributed by atoms with Crippen LogP contribution in [0.3, 0.4) is 0 Å².